The van der Waals surface area contributed by atoms with Gasteiger partial charge in [-0.05, 0) is 38.5 Å². The molecule has 0 bridgehead atoms. The smallest absolute Gasteiger partial charge is 0.0540 e. The van der Waals surface area contributed by atoms with E-state index in [1.165, 1.54) is 57.8 Å². The van der Waals surface area contributed by atoms with Crippen LogP contribution in [0.25, 0.3) is 0 Å². The lowest BCUT2D eigenvalue weighted by molar-refractivity contribution is 0.148. The van der Waals surface area contributed by atoms with Crippen molar-refractivity contribution in [3.8, 4) is 0 Å². The third kappa shape index (κ3) is 9.41. The quantitative estimate of drug-likeness (QED) is 0.590. The highest BCUT2D eigenvalue weighted by atomic mass is 16.3. The molecule has 1 heteroatoms. The molecule has 0 radical (unpaired) electrons. The van der Waals surface area contributed by atoms with Crippen LogP contribution in [0.15, 0.2) is 12.2 Å². The fraction of sp³-hybridized carbons (Fsp3) is 0.875. The first kappa shape index (κ1) is 14.8. The van der Waals surface area contributed by atoms with Crippen molar-refractivity contribution in [1.29, 1.82) is 0 Å². The van der Waals surface area contributed by atoms with Crippen molar-refractivity contribution in [1.82, 2.24) is 0 Å². The molecule has 1 N–H and O–H groups in total. The second-order valence-electron chi connectivity index (χ2n) is 5.46. The fourth-order valence-corrected chi connectivity index (χ4v) is 2.55. The lowest BCUT2D eigenvalue weighted by Gasteiger charge is -2.09. The van der Waals surface area contributed by atoms with Crippen LogP contribution in [0.3, 0.4) is 0 Å². The molecule has 1 nitrogen and oxygen atoms in total. The second kappa shape index (κ2) is 10.8. The van der Waals surface area contributed by atoms with E-state index in [2.05, 4.69) is 12.2 Å². The number of aliphatic hydroxyl groups is 1. The molecule has 1 aliphatic carbocycles. The van der Waals surface area contributed by atoms with Gasteiger partial charge in [-0.1, -0.05) is 57.1 Å². The van der Waals surface area contributed by atoms with E-state index in [0.29, 0.717) is 0 Å². The Balaban J connectivity index is 2.16. The minimum absolute atomic E-state index is 0.0451. The van der Waals surface area contributed by atoms with Gasteiger partial charge in [0, 0.05) is 0 Å². The minimum atomic E-state index is -0.0451. The highest BCUT2D eigenvalue weighted by Crippen LogP contribution is 2.14. The molecule has 1 aliphatic rings. The Bertz CT molecular complexity index is 186. The molecule has 0 aromatic heterocycles. The predicted molar refractivity (Wildman–Crippen MR) is 75.2 cm³/mol. The van der Waals surface area contributed by atoms with E-state index in [1.807, 2.05) is 0 Å². The third-order valence-electron chi connectivity index (χ3n) is 3.73. The monoisotopic (exact) mass is 238 g/mol. The first-order chi connectivity index (χ1) is 8.39. The Hall–Kier alpha value is -0.300. The van der Waals surface area contributed by atoms with Gasteiger partial charge in [0.1, 0.15) is 0 Å². The van der Waals surface area contributed by atoms with Crippen LogP contribution >= 0.6 is 0 Å². The molecule has 0 spiro atoms. The zero-order chi connectivity index (χ0) is 12.2. The van der Waals surface area contributed by atoms with Crippen molar-refractivity contribution in [2.45, 2.75) is 89.6 Å². The Kier molecular flexibility index (Phi) is 9.40. The van der Waals surface area contributed by atoms with Crippen LogP contribution in [0.1, 0.15) is 83.5 Å². The number of hydrogen-bond donors (Lipinski definition) is 1. The highest BCUT2D eigenvalue weighted by Gasteiger charge is 2.03. The molecule has 0 fully saturated rings. The largest absolute Gasteiger partial charge is 0.393 e. The molecule has 0 saturated carbocycles. The zero-order valence-corrected chi connectivity index (χ0v) is 11.4. The first-order valence-corrected chi connectivity index (χ1v) is 7.72. The van der Waals surface area contributed by atoms with Crippen LogP contribution in [-0.4, -0.2) is 11.2 Å². The molecule has 100 valence electrons. The molecule has 0 aliphatic heterocycles. The van der Waals surface area contributed by atoms with E-state index in [1.54, 1.807) is 0 Å². The summed E-state index contributed by atoms with van der Waals surface area (Å²) in [4.78, 5) is 0. The van der Waals surface area contributed by atoms with Crippen molar-refractivity contribution in [2.75, 3.05) is 0 Å². The number of allylic oxidation sites excluding steroid dienone is 2. The lowest BCUT2D eigenvalue weighted by atomic mass is 10.0. The number of hydrogen-bond acceptors (Lipinski definition) is 1. The average molecular weight is 238 g/mol. The molecule has 1 atom stereocenters. The summed E-state index contributed by atoms with van der Waals surface area (Å²) >= 11 is 0. The predicted octanol–water partition coefficient (Wildman–Crippen LogP) is 4.99. The summed E-state index contributed by atoms with van der Waals surface area (Å²) in [5, 5.41) is 9.80. The zero-order valence-electron chi connectivity index (χ0n) is 11.4. The molecule has 0 saturated heterocycles. The van der Waals surface area contributed by atoms with E-state index in [4.69, 9.17) is 0 Å². The van der Waals surface area contributed by atoms with Gasteiger partial charge in [-0.2, -0.15) is 0 Å². The molecule has 1 unspecified atom stereocenters. The van der Waals surface area contributed by atoms with Crippen LogP contribution in [-0.2, 0) is 0 Å². The molecular weight excluding hydrogens is 208 g/mol. The van der Waals surface area contributed by atoms with Crippen LogP contribution < -0.4 is 0 Å². The topological polar surface area (TPSA) is 20.2 Å². The summed E-state index contributed by atoms with van der Waals surface area (Å²) in [5.41, 5.74) is 0. The maximum absolute atomic E-state index is 9.80. The first-order valence-electron chi connectivity index (χ1n) is 7.72. The highest BCUT2D eigenvalue weighted by molar-refractivity contribution is 4.81. The summed E-state index contributed by atoms with van der Waals surface area (Å²) < 4.78 is 0. The summed E-state index contributed by atoms with van der Waals surface area (Å²) in [6.07, 6.45) is 21.0. The van der Waals surface area contributed by atoms with Gasteiger partial charge in [0.05, 0.1) is 6.10 Å². The minimum Gasteiger partial charge on any atom is -0.393 e. The fourth-order valence-electron chi connectivity index (χ4n) is 2.55. The maximum atomic E-state index is 9.80. The molecule has 1 rings (SSSR count). The Morgan fingerprint density at radius 2 is 1.06 bits per heavy atom. The van der Waals surface area contributed by atoms with E-state index < -0.39 is 0 Å². The summed E-state index contributed by atoms with van der Waals surface area (Å²) in [7, 11) is 0. The lowest BCUT2D eigenvalue weighted by Crippen LogP contribution is -2.05. The van der Waals surface area contributed by atoms with Gasteiger partial charge in [0.25, 0.3) is 0 Å². The van der Waals surface area contributed by atoms with Crippen LogP contribution in [0.2, 0.25) is 0 Å². The molecule has 0 aromatic rings. The normalized spacial score (nSPS) is 28.6. The van der Waals surface area contributed by atoms with Crippen molar-refractivity contribution in [3.05, 3.63) is 12.2 Å². The Morgan fingerprint density at radius 3 is 1.76 bits per heavy atom. The van der Waals surface area contributed by atoms with Crippen LogP contribution in [0.5, 0.6) is 0 Å². The number of aliphatic hydroxyl groups excluding tert-OH is 1. The Morgan fingerprint density at radius 1 is 0.588 bits per heavy atom. The van der Waals surface area contributed by atoms with Gasteiger partial charge in [0.2, 0.25) is 0 Å². The van der Waals surface area contributed by atoms with Crippen molar-refractivity contribution in [2.24, 2.45) is 0 Å². The summed E-state index contributed by atoms with van der Waals surface area (Å²) in [6, 6.07) is 0. The van der Waals surface area contributed by atoms with E-state index in [-0.39, 0.29) is 6.10 Å². The molecule has 0 aromatic carbocycles. The van der Waals surface area contributed by atoms with E-state index in [9.17, 15) is 5.11 Å². The molecule has 17 heavy (non-hydrogen) atoms. The SMILES string of the molecule is OC1CCC/C=C/CCCCCCCCCC1. The molecule has 0 heterocycles. The summed E-state index contributed by atoms with van der Waals surface area (Å²) in [5.74, 6) is 0. The van der Waals surface area contributed by atoms with Gasteiger partial charge in [-0.25, -0.2) is 0 Å². The Labute approximate surface area is 107 Å². The van der Waals surface area contributed by atoms with Crippen molar-refractivity contribution < 1.29 is 5.11 Å². The molecular formula is C16H30O. The van der Waals surface area contributed by atoms with Crippen molar-refractivity contribution >= 4 is 0 Å². The van der Waals surface area contributed by atoms with Gasteiger partial charge in [-0.3, -0.25) is 0 Å². The van der Waals surface area contributed by atoms with E-state index >= 15 is 0 Å². The van der Waals surface area contributed by atoms with Crippen LogP contribution in [0, 0.1) is 0 Å². The van der Waals surface area contributed by atoms with Gasteiger partial charge < -0.3 is 5.11 Å². The second-order valence-corrected chi connectivity index (χ2v) is 5.46. The third-order valence-corrected chi connectivity index (χ3v) is 3.73. The standard InChI is InChI=1S/C16H30O/c17-16-14-12-10-8-6-4-2-1-3-5-7-9-11-13-15-16/h6,8,16-17H,1-5,7,9-15H2/b8-6+. The van der Waals surface area contributed by atoms with Gasteiger partial charge >= 0.3 is 0 Å². The van der Waals surface area contributed by atoms with Gasteiger partial charge in [-0.15, -0.1) is 0 Å². The van der Waals surface area contributed by atoms with Gasteiger partial charge in [0.15, 0.2) is 0 Å². The summed E-state index contributed by atoms with van der Waals surface area (Å²) in [6.45, 7) is 0. The average Bonchev–Trinajstić information content (AvgIpc) is 2.32. The maximum Gasteiger partial charge on any atom is 0.0540 e. The van der Waals surface area contributed by atoms with Crippen molar-refractivity contribution in [3.63, 3.8) is 0 Å². The van der Waals surface area contributed by atoms with Crippen LogP contribution in [0.4, 0.5) is 0 Å². The molecule has 0 amide bonds. The van der Waals surface area contributed by atoms with E-state index in [0.717, 1.165) is 25.7 Å². The number of rotatable bonds is 0.